The molecule has 5 nitrogen and oxygen atoms in total. The molecule has 0 bridgehead atoms. The molecule has 2 rings (SSSR count). The molecule has 0 unspecified atom stereocenters. The van der Waals surface area contributed by atoms with Crippen molar-refractivity contribution in [3.8, 4) is 5.75 Å². The Bertz CT molecular complexity index is 772. The smallest absolute Gasteiger partial charge is 0.416 e. The lowest BCUT2D eigenvalue weighted by atomic mass is 10.2. The number of anilines is 2. The molecule has 0 saturated carbocycles. The molecule has 0 aliphatic rings. The topological polar surface area (TPSA) is 67.4 Å². The SMILES string of the molecule is CC(=O)Nc1ccc(O[C@@H](C)C(=O)Nc2ccc(C(F)(F)F)cc2)cc1. The van der Waals surface area contributed by atoms with Crippen molar-refractivity contribution in [1.29, 1.82) is 0 Å². The predicted molar refractivity (Wildman–Crippen MR) is 90.9 cm³/mol. The molecule has 0 spiro atoms. The number of carbonyl (C=O) groups is 2. The largest absolute Gasteiger partial charge is 0.481 e. The molecule has 0 aromatic heterocycles. The standard InChI is InChI=1S/C18H17F3N2O3/c1-11(26-16-9-7-14(8-10-16)22-12(2)24)17(25)23-15-5-3-13(4-6-15)18(19,20)21/h3-11H,1-2H3,(H,22,24)(H,23,25)/t11-/m0/s1. The summed E-state index contributed by atoms with van der Waals surface area (Å²) in [5.41, 5.74) is 0.0326. The van der Waals surface area contributed by atoms with E-state index in [4.69, 9.17) is 4.74 Å². The first-order valence-corrected chi connectivity index (χ1v) is 7.67. The third kappa shape index (κ3) is 5.51. The molecule has 0 fully saturated rings. The van der Waals surface area contributed by atoms with Gasteiger partial charge in [-0.25, -0.2) is 0 Å². The number of rotatable bonds is 5. The van der Waals surface area contributed by atoms with Crippen molar-refractivity contribution in [3.05, 3.63) is 54.1 Å². The van der Waals surface area contributed by atoms with Gasteiger partial charge in [-0.15, -0.1) is 0 Å². The van der Waals surface area contributed by atoms with Crippen LogP contribution in [0.1, 0.15) is 19.4 Å². The van der Waals surface area contributed by atoms with Gasteiger partial charge in [-0.2, -0.15) is 13.2 Å². The summed E-state index contributed by atoms with van der Waals surface area (Å²) in [6, 6.07) is 10.6. The first-order chi connectivity index (χ1) is 12.1. The fourth-order valence-electron chi connectivity index (χ4n) is 2.06. The summed E-state index contributed by atoms with van der Waals surface area (Å²) in [7, 11) is 0. The highest BCUT2D eigenvalue weighted by Gasteiger charge is 2.30. The molecule has 2 aromatic carbocycles. The van der Waals surface area contributed by atoms with Crippen molar-refractivity contribution >= 4 is 23.2 Å². The molecule has 26 heavy (non-hydrogen) atoms. The Morgan fingerprint density at radius 1 is 0.923 bits per heavy atom. The molecular weight excluding hydrogens is 349 g/mol. The van der Waals surface area contributed by atoms with Crippen LogP contribution in [0.2, 0.25) is 0 Å². The Morgan fingerprint density at radius 3 is 1.92 bits per heavy atom. The molecule has 0 aliphatic heterocycles. The number of nitrogens with one attached hydrogen (secondary N) is 2. The summed E-state index contributed by atoms with van der Waals surface area (Å²) < 4.78 is 43.0. The van der Waals surface area contributed by atoms with E-state index in [1.807, 2.05) is 0 Å². The van der Waals surface area contributed by atoms with Crippen molar-refractivity contribution in [2.45, 2.75) is 26.1 Å². The second-order valence-electron chi connectivity index (χ2n) is 5.53. The average molecular weight is 366 g/mol. The zero-order valence-electron chi connectivity index (χ0n) is 14.1. The maximum Gasteiger partial charge on any atom is 0.416 e. The molecule has 138 valence electrons. The minimum atomic E-state index is -4.43. The highest BCUT2D eigenvalue weighted by Crippen LogP contribution is 2.29. The Morgan fingerprint density at radius 2 is 1.42 bits per heavy atom. The van der Waals surface area contributed by atoms with Gasteiger partial charge in [0, 0.05) is 18.3 Å². The zero-order valence-corrected chi connectivity index (χ0v) is 14.1. The number of ether oxygens (including phenoxy) is 1. The van der Waals surface area contributed by atoms with E-state index in [-0.39, 0.29) is 11.6 Å². The number of benzene rings is 2. The van der Waals surface area contributed by atoms with Gasteiger partial charge in [-0.05, 0) is 55.5 Å². The van der Waals surface area contributed by atoms with E-state index in [1.54, 1.807) is 24.3 Å². The Kier molecular flexibility index (Phi) is 5.86. The molecule has 2 aromatic rings. The molecule has 2 amide bonds. The highest BCUT2D eigenvalue weighted by molar-refractivity contribution is 5.94. The normalized spacial score (nSPS) is 12.2. The van der Waals surface area contributed by atoms with Crippen LogP contribution in [0.5, 0.6) is 5.75 Å². The lowest BCUT2D eigenvalue weighted by Gasteiger charge is -2.15. The molecule has 8 heteroatoms. The number of halogens is 3. The molecule has 1 atom stereocenters. The van der Waals surface area contributed by atoms with Crippen LogP contribution in [0.15, 0.2) is 48.5 Å². The third-order valence-electron chi connectivity index (χ3n) is 3.34. The summed E-state index contributed by atoms with van der Waals surface area (Å²) in [6.45, 7) is 2.90. The number of hydrogen-bond acceptors (Lipinski definition) is 3. The fraction of sp³-hybridized carbons (Fsp3) is 0.222. The zero-order chi connectivity index (χ0) is 19.3. The van der Waals surface area contributed by atoms with Crippen molar-refractivity contribution in [3.63, 3.8) is 0 Å². The molecular formula is C18H17F3N2O3. The predicted octanol–water partition coefficient (Wildman–Crippen LogP) is 4.07. The van der Waals surface area contributed by atoms with Gasteiger partial charge in [0.05, 0.1) is 5.56 Å². The second-order valence-corrected chi connectivity index (χ2v) is 5.53. The Balaban J connectivity index is 1.94. The third-order valence-corrected chi connectivity index (χ3v) is 3.34. The monoisotopic (exact) mass is 366 g/mol. The van der Waals surface area contributed by atoms with Crippen LogP contribution >= 0.6 is 0 Å². The Hall–Kier alpha value is -3.03. The number of hydrogen-bond donors (Lipinski definition) is 2. The number of amides is 2. The summed E-state index contributed by atoms with van der Waals surface area (Å²) in [6.07, 6.45) is -5.30. The van der Waals surface area contributed by atoms with E-state index in [2.05, 4.69) is 10.6 Å². The quantitative estimate of drug-likeness (QED) is 0.838. The van der Waals surface area contributed by atoms with Crippen molar-refractivity contribution < 1.29 is 27.5 Å². The van der Waals surface area contributed by atoms with Gasteiger partial charge in [-0.3, -0.25) is 9.59 Å². The lowest BCUT2D eigenvalue weighted by molar-refractivity contribution is -0.137. The van der Waals surface area contributed by atoms with Gasteiger partial charge in [0.15, 0.2) is 6.10 Å². The van der Waals surface area contributed by atoms with Crippen molar-refractivity contribution in [2.24, 2.45) is 0 Å². The highest BCUT2D eigenvalue weighted by atomic mass is 19.4. The molecule has 0 radical (unpaired) electrons. The molecule has 0 aliphatic carbocycles. The fourth-order valence-corrected chi connectivity index (χ4v) is 2.06. The van der Waals surface area contributed by atoms with Gasteiger partial charge < -0.3 is 15.4 Å². The van der Waals surface area contributed by atoms with E-state index in [9.17, 15) is 22.8 Å². The van der Waals surface area contributed by atoms with Crippen LogP contribution in [0, 0.1) is 0 Å². The van der Waals surface area contributed by atoms with Crippen LogP contribution < -0.4 is 15.4 Å². The van der Waals surface area contributed by atoms with Crippen molar-refractivity contribution in [2.75, 3.05) is 10.6 Å². The summed E-state index contributed by atoms with van der Waals surface area (Å²) in [5, 5.41) is 5.09. The first-order valence-electron chi connectivity index (χ1n) is 7.67. The summed E-state index contributed by atoms with van der Waals surface area (Å²) in [5.74, 6) is -0.298. The molecule has 0 heterocycles. The van der Waals surface area contributed by atoms with Crippen LogP contribution in [0.4, 0.5) is 24.5 Å². The van der Waals surface area contributed by atoms with E-state index in [0.717, 1.165) is 12.1 Å². The minimum absolute atomic E-state index is 0.206. The van der Waals surface area contributed by atoms with E-state index in [0.29, 0.717) is 11.4 Å². The summed E-state index contributed by atoms with van der Waals surface area (Å²) in [4.78, 5) is 23.1. The van der Waals surface area contributed by atoms with Gasteiger partial charge in [0.1, 0.15) is 5.75 Å². The van der Waals surface area contributed by atoms with E-state index in [1.165, 1.54) is 26.0 Å². The Labute approximate surface area is 148 Å². The maximum absolute atomic E-state index is 12.5. The van der Waals surface area contributed by atoms with Crippen LogP contribution in [-0.4, -0.2) is 17.9 Å². The van der Waals surface area contributed by atoms with Crippen LogP contribution in [0.25, 0.3) is 0 Å². The van der Waals surface area contributed by atoms with Gasteiger partial charge in [0.2, 0.25) is 5.91 Å². The maximum atomic E-state index is 12.5. The van der Waals surface area contributed by atoms with E-state index < -0.39 is 23.8 Å². The first kappa shape index (κ1) is 19.3. The van der Waals surface area contributed by atoms with Gasteiger partial charge in [0.25, 0.3) is 5.91 Å². The van der Waals surface area contributed by atoms with Gasteiger partial charge in [-0.1, -0.05) is 0 Å². The number of alkyl halides is 3. The van der Waals surface area contributed by atoms with Crippen molar-refractivity contribution in [1.82, 2.24) is 0 Å². The van der Waals surface area contributed by atoms with Crippen LogP contribution in [0.3, 0.4) is 0 Å². The van der Waals surface area contributed by atoms with Gasteiger partial charge >= 0.3 is 6.18 Å². The number of carbonyl (C=O) groups excluding carboxylic acids is 2. The molecule has 0 saturated heterocycles. The summed E-state index contributed by atoms with van der Waals surface area (Å²) >= 11 is 0. The second kappa shape index (κ2) is 7.90. The minimum Gasteiger partial charge on any atom is -0.481 e. The van der Waals surface area contributed by atoms with E-state index >= 15 is 0 Å². The average Bonchev–Trinajstić information content (AvgIpc) is 2.55. The van der Waals surface area contributed by atoms with Crippen LogP contribution in [-0.2, 0) is 15.8 Å². The molecule has 2 N–H and O–H groups in total. The lowest BCUT2D eigenvalue weighted by Crippen LogP contribution is -2.30.